The first-order valence-corrected chi connectivity index (χ1v) is 12.6. The second kappa shape index (κ2) is 10.6. The summed E-state index contributed by atoms with van der Waals surface area (Å²) in [4.78, 5) is 24.6. The summed E-state index contributed by atoms with van der Waals surface area (Å²) in [6.45, 7) is 3.31. The van der Waals surface area contributed by atoms with E-state index < -0.39 is 21.8 Å². The highest BCUT2D eigenvalue weighted by atomic mass is 32.2. The monoisotopic (exact) mass is 539 g/mol. The van der Waals surface area contributed by atoms with E-state index in [1.807, 2.05) is 0 Å². The highest BCUT2D eigenvalue weighted by Gasteiger charge is 2.25. The number of ether oxygens (including phenoxy) is 2. The molecule has 9 nitrogen and oxygen atoms in total. The van der Waals surface area contributed by atoms with E-state index in [4.69, 9.17) is 4.74 Å². The van der Waals surface area contributed by atoms with Crippen LogP contribution in [-0.2, 0) is 17.1 Å². The summed E-state index contributed by atoms with van der Waals surface area (Å²) in [5.41, 5.74) is 0.341. The van der Waals surface area contributed by atoms with Gasteiger partial charge in [-0.05, 0) is 53.4 Å². The van der Waals surface area contributed by atoms with Gasteiger partial charge in [-0.1, -0.05) is 6.07 Å². The first-order valence-electron chi connectivity index (χ1n) is 10.5. The number of anilines is 2. The Labute approximate surface area is 208 Å². The van der Waals surface area contributed by atoms with Crippen LogP contribution in [0.5, 0.6) is 11.5 Å². The fraction of sp³-hybridized carbons (Fsp3) is 0.217. The van der Waals surface area contributed by atoms with Gasteiger partial charge < -0.3 is 19.4 Å². The Balaban J connectivity index is 1.88. The van der Waals surface area contributed by atoms with Gasteiger partial charge in [0.25, 0.3) is 21.5 Å². The van der Waals surface area contributed by atoms with E-state index >= 15 is 0 Å². The summed E-state index contributed by atoms with van der Waals surface area (Å²) in [5.74, 6) is -4.37. The van der Waals surface area contributed by atoms with Crippen LogP contribution in [0, 0.1) is 6.92 Å². The molecule has 1 aromatic heterocycles. The maximum atomic E-state index is 13.1. The first kappa shape index (κ1) is 27.1. The fourth-order valence-electron chi connectivity index (χ4n) is 3.27. The average Bonchev–Trinajstić information content (AvgIpc) is 2.76. The zero-order valence-electron chi connectivity index (χ0n) is 19.5. The molecule has 192 valence electrons. The molecule has 0 aliphatic carbocycles. The third kappa shape index (κ3) is 6.58. The van der Waals surface area contributed by atoms with Crippen molar-refractivity contribution < 1.29 is 31.5 Å². The van der Waals surface area contributed by atoms with E-state index in [1.165, 1.54) is 69.4 Å². The smallest absolute Gasteiger partial charge is 0.408 e. The lowest BCUT2D eigenvalue weighted by Crippen LogP contribution is -2.24. The number of aromatic nitrogens is 1. The number of pyridine rings is 1. The Morgan fingerprint density at radius 1 is 1.14 bits per heavy atom. The second-order valence-electron chi connectivity index (χ2n) is 7.62. The summed E-state index contributed by atoms with van der Waals surface area (Å²) in [7, 11) is -1.42. The van der Waals surface area contributed by atoms with E-state index in [0.29, 0.717) is 0 Å². The van der Waals surface area contributed by atoms with Crippen LogP contribution in [0.2, 0.25) is 0 Å². The van der Waals surface area contributed by atoms with Gasteiger partial charge in [0.05, 0.1) is 12.3 Å². The van der Waals surface area contributed by atoms with Crippen LogP contribution >= 0.6 is 9.24 Å². The number of sulfonamides is 1. The van der Waals surface area contributed by atoms with Crippen molar-refractivity contribution >= 4 is 36.5 Å². The maximum absolute atomic E-state index is 13.1. The molecule has 0 radical (unpaired) electrons. The van der Waals surface area contributed by atoms with Crippen molar-refractivity contribution in [3.05, 3.63) is 76.2 Å². The number of benzene rings is 2. The Morgan fingerprint density at radius 3 is 2.53 bits per heavy atom. The molecule has 0 bridgehead atoms. The Kier molecular flexibility index (Phi) is 8.00. The number of amides is 1. The zero-order chi connectivity index (χ0) is 26.7. The van der Waals surface area contributed by atoms with Gasteiger partial charge in [-0.15, -0.1) is 0 Å². The van der Waals surface area contributed by atoms with Crippen molar-refractivity contribution in [2.45, 2.75) is 24.6 Å². The van der Waals surface area contributed by atoms with Gasteiger partial charge in [-0.3, -0.25) is 14.3 Å². The quantitative estimate of drug-likeness (QED) is 0.398. The largest absolute Gasteiger partial charge is 0.492 e. The molecule has 36 heavy (non-hydrogen) atoms. The standard InChI is InChI=1S/C23H24F2N3O6PS/c1-4-33-19-13-15(26-21(29)18-10-11-28(3)22(30)14(18)2)8-9-20(19)36(31,32)27-16-6-5-7-17(12-16)34-23(24,25)35/h5-13,27H,4,35H2,1-3H3,(H,26,29). The van der Waals surface area contributed by atoms with Crippen molar-refractivity contribution in [2.75, 3.05) is 16.6 Å². The molecule has 1 atom stereocenters. The average molecular weight is 539 g/mol. The molecule has 1 unspecified atom stereocenters. The molecule has 1 heterocycles. The van der Waals surface area contributed by atoms with Gasteiger partial charge in [-0.2, -0.15) is 8.78 Å². The Morgan fingerprint density at radius 2 is 1.86 bits per heavy atom. The molecular formula is C23H24F2N3O6PS. The van der Waals surface area contributed by atoms with Gasteiger partial charge in [0.1, 0.15) is 16.4 Å². The van der Waals surface area contributed by atoms with Crippen LogP contribution in [0.4, 0.5) is 20.2 Å². The molecule has 2 N–H and O–H groups in total. The molecule has 0 aliphatic rings. The number of aryl methyl sites for hydroxylation is 1. The highest BCUT2D eigenvalue weighted by Crippen LogP contribution is 2.32. The van der Waals surface area contributed by atoms with E-state index in [9.17, 15) is 26.8 Å². The van der Waals surface area contributed by atoms with Crippen molar-refractivity contribution in [3.8, 4) is 11.5 Å². The predicted molar refractivity (Wildman–Crippen MR) is 135 cm³/mol. The maximum Gasteiger partial charge on any atom is 0.408 e. The molecule has 2 aromatic carbocycles. The summed E-state index contributed by atoms with van der Waals surface area (Å²) >= 11 is 0. The Bertz CT molecular complexity index is 1450. The molecule has 0 aliphatic heterocycles. The number of hydrogen-bond donors (Lipinski definition) is 2. The number of carbonyl (C=O) groups is 1. The van der Waals surface area contributed by atoms with Crippen LogP contribution < -0.4 is 25.1 Å². The summed E-state index contributed by atoms with van der Waals surface area (Å²) in [5, 5.41) is 2.63. The Hall–Kier alpha value is -3.50. The number of nitrogens with one attached hydrogen (secondary N) is 2. The van der Waals surface area contributed by atoms with Crippen LogP contribution in [0.3, 0.4) is 0 Å². The number of halogens is 2. The summed E-state index contributed by atoms with van der Waals surface area (Å²) in [6.07, 6.45) is 1.47. The van der Waals surface area contributed by atoms with Crippen LogP contribution in [0.15, 0.2) is 64.4 Å². The molecular weight excluding hydrogens is 515 g/mol. The summed E-state index contributed by atoms with van der Waals surface area (Å²) in [6, 6.07) is 10.5. The number of carbonyl (C=O) groups excluding carboxylic acids is 1. The van der Waals surface area contributed by atoms with Crippen LogP contribution in [0.1, 0.15) is 22.8 Å². The molecule has 1 amide bonds. The second-order valence-corrected chi connectivity index (χ2v) is 9.94. The van der Waals surface area contributed by atoms with Gasteiger partial charge in [-0.25, -0.2) is 8.42 Å². The van der Waals surface area contributed by atoms with Gasteiger partial charge in [0.15, 0.2) is 0 Å². The van der Waals surface area contributed by atoms with Crippen molar-refractivity contribution in [1.29, 1.82) is 0 Å². The highest BCUT2D eigenvalue weighted by molar-refractivity contribution is 7.92. The zero-order valence-corrected chi connectivity index (χ0v) is 21.5. The SMILES string of the molecule is CCOc1cc(NC(=O)c2ccn(C)c(=O)c2C)ccc1S(=O)(=O)Nc1cccc(OC(F)(F)P)c1. The lowest BCUT2D eigenvalue weighted by atomic mass is 10.1. The predicted octanol–water partition coefficient (Wildman–Crippen LogP) is 3.95. The van der Waals surface area contributed by atoms with Crippen molar-refractivity contribution in [1.82, 2.24) is 4.57 Å². The minimum absolute atomic E-state index is 0.0114. The lowest BCUT2D eigenvalue weighted by molar-refractivity contribution is -0.0891. The minimum atomic E-state index is -4.22. The van der Waals surface area contributed by atoms with Crippen LogP contribution in [-0.4, -0.2) is 31.3 Å². The fourth-order valence-corrected chi connectivity index (χ4v) is 4.58. The number of hydrogen-bond acceptors (Lipinski definition) is 6. The molecule has 0 saturated carbocycles. The van der Waals surface area contributed by atoms with E-state index in [1.54, 1.807) is 14.0 Å². The van der Waals surface area contributed by atoms with Crippen molar-refractivity contribution in [2.24, 2.45) is 7.05 Å². The summed E-state index contributed by atoms with van der Waals surface area (Å²) < 4.78 is 65.9. The van der Waals surface area contributed by atoms with E-state index in [-0.39, 0.29) is 51.1 Å². The van der Waals surface area contributed by atoms with Gasteiger partial charge in [0.2, 0.25) is 0 Å². The molecule has 0 fully saturated rings. The third-order valence-corrected chi connectivity index (χ3v) is 6.42. The van der Waals surface area contributed by atoms with Crippen molar-refractivity contribution in [3.63, 3.8) is 0 Å². The number of alkyl halides is 2. The molecule has 3 aromatic rings. The molecule has 0 spiro atoms. The molecule has 0 saturated heterocycles. The molecule has 13 heteroatoms. The minimum Gasteiger partial charge on any atom is -0.492 e. The van der Waals surface area contributed by atoms with Gasteiger partial charge >= 0.3 is 5.85 Å². The van der Waals surface area contributed by atoms with Crippen LogP contribution in [0.25, 0.3) is 0 Å². The molecule has 3 rings (SSSR count). The number of nitrogens with zero attached hydrogens (tertiary/aromatic N) is 1. The topological polar surface area (TPSA) is 116 Å². The first-order chi connectivity index (χ1) is 16.8. The van der Waals surface area contributed by atoms with E-state index in [2.05, 4.69) is 14.8 Å². The lowest BCUT2D eigenvalue weighted by Gasteiger charge is -2.16. The normalized spacial score (nSPS) is 11.6. The van der Waals surface area contributed by atoms with Gasteiger partial charge in [0, 0.05) is 42.2 Å². The third-order valence-electron chi connectivity index (χ3n) is 4.89. The number of rotatable bonds is 9. The van der Waals surface area contributed by atoms with E-state index in [0.717, 1.165) is 6.07 Å².